The van der Waals surface area contributed by atoms with Gasteiger partial charge in [0.15, 0.2) is 0 Å². The molecule has 0 aromatic carbocycles. The van der Waals surface area contributed by atoms with Crippen LogP contribution < -0.4 is 5.73 Å². The van der Waals surface area contributed by atoms with Gasteiger partial charge in [0.25, 0.3) is 0 Å². The number of amides is 1. The van der Waals surface area contributed by atoms with E-state index in [4.69, 9.17) is 5.73 Å². The van der Waals surface area contributed by atoms with Gasteiger partial charge in [0.1, 0.15) is 0 Å². The third kappa shape index (κ3) is 1.67. The van der Waals surface area contributed by atoms with Crippen molar-refractivity contribution in [1.29, 1.82) is 0 Å². The van der Waals surface area contributed by atoms with Gasteiger partial charge in [0.2, 0.25) is 5.91 Å². The molecule has 5 heteroatoms. The minimum Gasteiger partial charge on any atom is -0.369 e. The van der Waals surface area contributed by atoms with Crippen LogP contribution in [0.25, 0.3) is 11.3 Å². The van der Waals surface area contributed by atoms with Crippen LogP contribution in [0.15, 0.2) is 23.7 Å². The van der Waals surface area contributed by atoms with Crippen LogP contribution in [0.3, 0.4) is 0 Å². The van der Waals surface area contributed by atoms with E-state index in [0.29, 0.717) is 0 Å². The smallest absolute Gasteiger partial charge is 0.222 e. The third-order valence-electron chi connectivity index (χ3n) is 1.86. The molecule has 0 aliphatic rings. The first kappa shape index (κ1) is 8.96. The second kappa shape index (κ2) is 3.63. The molecule has 14 heavy (non-hydrogen) atoms. The molecule has 1 amide bonds. The lowest BCUT2D eigenvalue weighted by molar-refractivity contribution is -0.117. The number of aromatic amines is 1. The molecule has 72 valence electrons. The highest BCUT2D eigenvalue weighted by Crippen LogP contribution is 2.26. The van der Waals surface area contributed by atoms with Crippen LogP contribution >= 0.6 is 11.3 Å². The number of carbonyl (C=O) groups is 1. The van der Waals surface area contributed by atoms with Crippen LogP contribution in [0, 0.1) is 0 Å². The summed E-state index contributed by atoms with van der Waals surface area (Å²) in [5.41, 5.74) is 6.98. The van der Waals surface area contributed by atoms with Gasteiger partial charge in [-0.2, -0.15) is 5.10 Å². The predicted molar refractivity (Wildman–Crippen MR) is 54.8 cm³/mol. The number of nitrogens with two attached hydrogens (primary N) is 1. The van der Waals surface area contributed by atoms with Gasteiger partial charge in [-0.1, -0.05) is 0 Å². The number of hydrogen-bond donors (Lipinski definition) is 2. The summed E-state index contributed by atoms with van der Waals surface area (Å²) in [7, 11) is 0. The van der Waals surface area contributed by atoms with E-state index in [2.05, 4.69) is 10.2 Å². The molecule has 0 aliphatic carbocycles. The fourth-order valence-corrected chi connectivity index (χ4v) is 2.17. The first-order valence-corrected chi connectivity index (χ1v) is 5.00. The maximum Gasteiger partial charge on any atom is 0.222 e. The zero-order chi connectivity index (χ0) is 9.97. The number of nitrogens with zero attached hydrogens (tertiary/aromatic N) is 1. The SMILES string of the molecule is NC(=O)Cc1sccc1-c1cc[nH]n1. The molecule has 0 bridgehead atoms. The van der Waals surface area contributed by atoms with Crippen LogP contribution in [-0.2, 0) is 11.2 Å². The van der Waals surface area contributed by atoms with E-state index in [1.807, 2.05) is 17.5 Å². The molecule has 0 saturated heterocycles. The number of carbonyl (C=O) groups excluding carboxylic acids is 1. The lowest BCUT2D eigenvalue weighted by atomic mass is 10.1. The van der Waals surface area contributed by atoms with Crippen molar-refractivity contribution in [2.45, 2.75) is 6.42 Å². The molecule has 0 unspecified atom stereocenters. The number of rotatable bonds is 3. The lowest BCUT2D eigenvalue weighted by Crippen LogP contribution is -2.13. The normalized spacial score (nSPS) is 10.3. The van der Waals surface area contributed by atoms with Gasteiger partial charge in [-0.05, 0) is 17.5 Å². The van der Waals surface area contributed by atoms with Crippen LogP contribution in [0.4, 0.5) is 0 Å². The first-order valence-electron chi connectivity index (χ1n) is 4.12. The van der Waals surface area contributed by atoms with E-state index < -0.39 is 0 Å². The molecule has 2 rings (SSSR count). The summed E-state index contributed by atoms with van der Waals surface area (Å²) in [4.78, 5) is 11.8. The Balaban J connectivity index is 2.35. The molecule has 4 nitrogen and oxygen atoms in total. The molecule has 2 aromatic heterocycles. The Morgan fingerprint density at radius 2 is 2.43 bits per heavy atom. The molecule has 0 fully saturated rings. The molecule has 2 heterocycles. The van der Waals surface area contributed by atoms with Gasteiger partial charge in [-0.15, -0.1) is 11.3 Å². The molecule has 0 spiro atoms. The Bertz CT molecular complexity index is 433. The van der Waals surface area contributed by atoms with E-state index in [1.54, 1.807) is 6.20 Å². The monoisotopic (exact) mass is 207 g/mol. The van der Waals surface area contributed by atoms with Gasteiger partial charge in [0, 0.05) is 16.6 Å². The van der Waals surface area contributed by atoms with Crippen LogP contribution in [-0.4, -0.2) is 16.1 Å². The minimum absolute atomic E-state index is 0.278. The number of primary amides is 1. The van der Waals surface area contributed by atoms with Crippen LogP contribution in [0.1, 0.15) is 4.88 Å². The second-order valence-electron chi connectivity index (χ2n) is 2.86. The van der Waals surface area contributed by atoms with Crippen molar-refractivity contribution in [3.63, 3.8) is 0 Å². The molecule has 3 N–H and O–H groups in total. The largest absolute Gasteiger partial charge is 0.369 e. The average Bonchev–Trinajstić information content (AvgIpc) is 2.70. The zero-order valence-electron chi connectivity index (χ0n) is 7.36. The zero-order valence-corrected chi connectivity index (χ0v) is 8.17. The summed E-state index contributed by atoms with van der Waals surface area (Å²) in [5.74, 6) is -0.316. The molecular weight excluding hydrogens is 198 g/mol. The number of nitrogens with one attached hydrogen (secondary N) is 1. The maximum absolute atomic E-state index is 10.8. The molecular formula is C9H9N3OS. The second-order valence-corrected chi connectivity index (χ2v) is 3.86. The summed E-state index contributed by atoms with van der Waals surface area (Å²) in [6.45, 7) is 0. The molecule has 0 saturated carbocycles. The number of thiophene rings is 1. The van der Waals surface area contributed by atoms with E-state index in [9.17, 15) is 4.79 Å². The summed E-state index contributed by atoms with van der Waals surface area (Å²) in [6, 6.07) is 3.81. The molecule has 2 aromatic rings. The highest BCUT2D eigenvalue weighted by atomic mass is 32.1. The van der Waals surface area contributed by atoms with E-state index in [-0.39, 0.29) is 12.3 Å². The summed E-state index contributed by atoms with van der Waals surface area (Å²) >= 11 is 1.52. The fraction of sp³-hybridized carbons (Fsp3) is 0.111. The van der Waals surface area contributed by atoms with E-state index in [0.717, 1.165) is 16.1 Å². The standard InChI is InChI=1S/C9H9N3OS/c10-9(13)5-8-6(2-4-14-8)7-1-3-11-12-7/h1-4H,5H2,(H2,10,13)(H,11,12). The van der Waals surface area contributed by atoms with Crippen molar-refractivity contribution in [3.05, 3.63) is 28.6 Å². The van der Waals surface area contributed by atoms with Crippen LogP contribution in [0.5, 0.6) is 0 Å². The summed E-state index contributed by atoms with van der Waals surface area (Å²) < 4.78 is 0. The maximum atomic E-state index is 10.8. The van der Waals surface area contributed by atoms with E-state index in [1.165, 1.54) is 11.3 Å². The third-order valence-corrected chi connectivity index (χ3v) is 2.78. The highest BCUT2D eigenvalue weighted by molar-refractivity contribution is 7.10. The minimum atomic E-state index is -0.316. The van der Waals surface area contributed by atoms with E-state index >= 15 is 0 Å². The topological polar surface area (TPSA) is 71.8 Å². The Kier molecular flexibility index (Phi) is 2.32. The quantitative estimate of drug-likeness (QED) is 0.792. The molecule has 0 aliphatic heterocycles. The summed E-state index contributed by atoms with van der Waals surface area (Å²) in [6.07, 6.45) is 2.03. The van der Waals surface area contributed by atoms with Gasteiger partial charge in [-0.25, -0.2) is 0 Å². The highest BCUT2D eigenvalue weighted by Gasteiger charge is 2.10. The fourth-order valence-electron chi connectivity index (χ4n) is 1.27. The van der Waals surface area contributed by atoms with Gasteiger partial charge < -0.3 is 5.73 Å². The van der Waals surface area contributed by atoms with Gasteiger partial charge >= 0.3 is 0 Å². The first-order chi connectivity index (χ1) is 6.77. The van der Waals surface area contributed by atoms with Crippen molar-refractivity contribution in [2.75, 3.05) is 0 Å². The molecule has 0 atom stereocenters. The van der Waals surface area contributed by atoms with Crippen molar-refractivity contribution in [1.82, 2.24) is 10.2 Å². The summed E-state index contributed by atoms with van der Waals surface area (Å²) in [5, 5.41) is 8.73. The van der Waals surface area contributed by atoms with Crippen molar-refractivity contribution in [2.24, 2.45) is 5.73 Å². The van der Waals surface area contributed by atoms with Crippen molar-refractivity contribution in [3.8, 4) is 11.3 Å². The number of hydrogen-bond acceptors (Lipinski definition) is 3. The Labute approximate surface area is 84.8 Å². The number of H-pyrrole nitrogens is 1. The van der Waals surface area contributed by atoms with Crippen LogP contribution in [0.2, 0.25) is 0 Å². The van der Waals surface area contributed by atoms with Gasteiger partial charge in [-0.3, -0.25) is 9.89 Å². The van der Waals surface area contributed by atoms with Crippen molar-refractivity contribution < 1.29 is 4.79 Å². The Morgan fingerprint density at radius 1 is 1.57 bits per heavy atom. The average molecular weight is 207 g/mol. The Hall–Kier alpha value is -1.62. The van der Waals surface area contributed by atoms with Gasteiger partial charge in [0.05, 0.1) is 12.1 Å². The molecule has 0 radical (unpaired) electrons. The number of aromatic nitrogens is 2. The lowest BCUT2D eigenvalue weighted by Gasteiger charge is -1.96. The Morgan fingerprint density at radius 3 is 3.07 bits per heavy atom. The predicted octanol–water partition coefficient (Wildman–Crippen LogP) is 1.17. The van der Waals surface area contributed by atoms with Crippen molar-refractivity contribution >= 4 is 17.2 Å².